The van der Waals surface area contributed by atoms with Gasteiger partial charge in [0.2, 0.25) is 0 Å². The molecule has 0 saturated carbocycles. The number of nitrogens with zero attached hydrogens (tertiary/aromatic N) is 1. The average molecular weight is 468 g/mol. The van der Waals surface area contributed by atoms with E-state index in [1.165, 1.54) is 17.0 Å². The Morgan fingerprint density at radius 1 is 1.06 bits per heavy atom. The zero-order valence-electron chi connectivity index (χ0n) is 17.2. The predicted octanol–water partition coefficient (Wildman–Crippen LogP) is 6.60. The van der Waals surface area contributed by atoms with Crippen LogP contribution in [0.4, 0.5) is 9.18 Å². The average Bonchev–Trinajstić information content (AvgIpc) is 3.01. The molecule has 162 valence electrons. The molecule has 3 aromatic carbocycles. The van der Waals surface area contributed by atoms with Crippen LogP contribution >= 0.6 is 23.4 Å². The molecular weight excluding hydrogens is 449 g/mol. The summed E-state index contributed by atoms with van der Waals surface area (Å²) in [6.07, 6.45) is 1.66. The van der Waals surface area contributed by atoms with Crippen LogP contribution in [0.1, 0.15) is 22.3 Å². The summed E-state index contributed by atoms with van der Waals surface area (Å²) in [5, 5.41) is -0.00667. The van der Waals surface area contributed by atoms with Crippen molar-refractivity contribution in [2.45, 2.75) is 20.1 Å². The molecule has 1 aliphatic heterocycles. The Kier molecular flexibility index (Phi) is 6.63. The molecule has 3 aromatic rings. The number of amides is 2. The number of ether oxygens (including phenoxy) is 1. The smallest absolute Gasteiger partial charge is 0.293 e. The van der Waals surface area contributed by atoms with E-state index in [1.807, 2.05) is 31.2 Å². The molecule has 7 heteroatoms. The van der Waals surface area contributed by atoms with E-state index in [0.717, 1.165) is 22.9 Å². The number of carbonyl (C=O) groups is 2. The Morgan fingerprint density at radius 2 is 1.84 bits per heavy atom. The highest BCUT2D eigenvalue weighted by Gasteiger charge is 2.35. The SMILES string of the molecule is Cc1cccc(CN2C(=O)S/C(=C/c3cccc(OCc4c(F)cccc4Cl)c3)C2=O)c1. The van der Waals surface area contributed by atoms with Crippen molar-refractivity contribution in [2.24, 2.45) is 0 Å². The fourth-order valence-corrected chi connectivity index (χ4v) is 4.36. The Bertz CT molecular complexity index is 1210. The first-order valence-electron chi connectivity index (χ1n) is 9.87. The van der Waals surface area contributed by atoms with Crippen LogP contribution in [0.15, 0.2) is 71.6 Å². The van der Waals surface area contributed by atoms with Crippen LogP contribution in [0.2, 0.25) is 5.02 Å². The Morgan fingerprint density at radius 3 is 2.62 bits per heavy atom. The number of carbonyl (C=O) groups excluding carboxylic acids is 2. The van der Waals surface area contributed by atoms with Crippen molar-refractivity contribution in [3.8, 4) is 5.75 Å². The van der Waals surface area contributed by atoms with E-state index in [-0.39, 0.29) is 29.9 Å². The van der Waals surface area contributed by atoms with E-state index in [9.17, 15) is 14.0 Å². The molecular formula is C25H19ClFNO3S. The standard InChI is InChI=1S/C25H19ClFNO3S/c1-16-5-2-7-18(11-16)14-28-24(29)23(32-25(28)30)13-17-6-3-8-19(12-17)31-15-20-21(26)9-4-10-22(20)27/h2-13H,14-15H2,1H3/b23-13+. The maximum atomic E-state index is 13.9. The number of hydrogen-bond donors (Lipinski definition) is 0. The third-order valence-corrected chi connectivity index (χ3v) is 6.16. The fraction of sp³-hybridized carbons (Fsp3) is 0.120. The van der Waals surface area contributed by atoms with Gasteiger partial charge >= 0.3 is 0 Å². The lowest BCUT2D eigenvalue weighted by molar-refractivity contribution is -0.123. The Labute approximate surface area is 194 Å². The normalized spacial score (nSPS) is 15.0. The molecule has 0 atom stereocenters. The zero-order valence-corrected chi connectivity index (χ0v) is 18.8. The van der Waals surface area contributed by atoms with Crippen molar-refractivity contribution >= 4 is 40.6 Å². The summed E-state index contributed by atoms with van der Waals surface area (Å²) >= 11 is 6.95. The molecule has 0 N–H and O–H groups in total. The predicted molar refractivity (Wildman–Crippen MR) is 125 cm³/mol. The largest absolute Gasteiger partial charge is 0.489 e. The van der Waals surface area contributed by atoms with Gasteiger partial charge in [-0.15, -0.1) is 0 Å². The minimum Gasteiger partial charge on any atom is -0.489 e. The van der Waals surface area contributed by atoms with Crippen LogP contribution in [0.3, 0.4) is 0 Å². The molecule has 1 fully saturated rings. The Balaban J connectivity index is 1.48. The molecule has 1 heterocycles. The molecule has 0 unspecified atom stereocenters. The molecule has 4 nitrogen and oxygen atoms in total. The Hall–Kier alpha value is -3.09. The fourth-order valence-electron chi connectivity index (χ4n) is 3.30. The van der Waals surface area contributed by atoms with Crippen molar-refractivity contribution in [1.29, 1.82) is 0 Å². The van der Waals surface area contributed by atoms with Crippen LogP contribution in [0, 0.1) is 12.7 Å². The number of hydrogen-bond acceptors (Lipinski definition) is 4. The van der Waals surface area contributed by atoms with Crippen molar-refractivity contribution in [3.05, 3.63) is 105 Å². The van der Waals surface area contributed by atoms with Gasteiger partial charge in [-0.3, -0.25) is 14.5 Å². The highest BCUT2D eigenvalue weighted by atomic mass is 35.5. The number of halogens is 2. The lowest BCUT2D eigenvalue weighted by Crippen LogP contribution is -2.27. The molecule has 0 radical (unpaired) electrons. The number of rotatable bonds is 6. The third kappa shape index (κ3) is 5.03. The van der Waals surface area contributed by atoms with E-state index < -0.39 is 5.82 Å². The van der Waals surface area contributed by atoms with Crippen LogP contribution in [-0.2, 0) is 17.9 Å². The van der Waals surface area contributed by atoms with Crippen LogP contribution < -0.4 is 4.74 Å². The zero-order chi connectivity index (χ0) is 22.7. The molecule has 1 saturated heterocycles. The number of thioether (sulfide) groups is 1. The van der Waals surface area contributed by atoms with E-state index in [1.54, 1.807) is 36.4 Å². The molecule has 2 amide bonds. The van der Waals surface area contributed by atoms with Gasteiger partial charge in [0.25, 0.3) is 11.1 Å². The third-order valence-electron chi connectivity index (χ3n) is 4.90. The maximum Gasteiger partial charge on any atom is 0.293 e. The van der Waals surface area contributed by atoms with Gasteiger partial charge in [0.05, 0.1) is 16.5 Å². The van der Waals surface area contributed by atoms with Gasteiger partial charge in [-0.05, 0) is 60.2 Å². The quantitative estimate of drug-likeness (QED) is 0.383. The summed E-state index contributed by atoms with van der Waals surface area (Å²) in [6.45, 7) is 2.17. The molecule has 4 rings (SSSR count). The van der Waals surface area contributed by atoms with Crippen molar-refractivity contribution in [3.63, 3.8) is 0 Å². The van der Waals surface area contributed by atoms with Gasteiger partial charge in [0, 0.05) is 5.56 Å². The van der Waals surface area contributed by atoms with E-state index in [2.05, 4.69) is 0 Å². The second-order valence-electron chi connectivity index (χ2n) is 7.32. The van der Waals surface area contributed by atoms with Crippen molar-refractivity contribution < 1.29 is 18.7 Å². The van der Waals surface area contributed by atoms with Gasteiger partial charge in [-0.25, -0.2) is 4.39 Å². The van der Waals surface area contributed by atoms with Gasteiger partial charge in [0.1, 0.15) is 18.2 Å². The lowest BCUT2D eigenvalue weighted by atomic mass is 10.1. The summed E-state index contributed by atoms with van der Waals surface area (Å²) in [7, 11) is 0. The topological polar surface area (TPSA) is 46.6 Å². The van der Waals surface area contributed by atoms with E-state index >= 15 is 0 Å². The van der Waals surface area contributed by atoms with Crippen LogP contribution in [0.5, 0.6) is 5.75 Å². The number of benzene rings is 3. The first-order valence-corrected chi connectivity index (χ1v) is 11.1. The molecule has 0 spiro atoms. The summed E-state index contributed by atoms with van der Waals surface area (Å²) in [6, 6.07) is 19.2. The summed E-state index contributed by atoms with van der Waals surface area (Å²) in [4.78, 5) is 26.8. The molecule has 1 aliphatic rings. The lowest BCUT2D eigenvalue weighted by Gasteiger charge is -2.12. The van der Waals surface area contributed by atoms with Gasteiger partial charge in [0.15, 0.2) is 0 Å². The first-order chi connectivity index (χ1) is 15.4. The summed E-state index contributed by atoms with van der Waals surface area (Å²) in [5.74, 6) is -0.265. The van der Waals surface area contributed by atoms with Crippen molar-refractivity contribution in [2.75, 3.05) is 0 Å². The van der Waals surface area contributed by atoms with E-state index in [4.69, 9.17) is 16.3 Å². The van der Waals surface area contributed by atoms with E-state index in [0.29, 0.717) is 21.2 Å². The highest BCUT2D eigenvalue weighted by molar-refractivity contribution is 8.18. The minimum absolute atomic E-state index is 0.0258. The highest BCUT2D eigenvalue weighted by Crippen LogP contribution is 2.34. The maximum absolute atomic E-state index is 13.9. The number of imide groups is 1. The molecule has 0 aliphatic carbocycles. The monoisotopic (exact) mass is 467 g/mol. The van der Waals surface area contributed by atoms with Crippen LogP contribution in [0.25, 0.3) is 6.08 Å². The van der Waals surface area contributed by atoms with Gasteiger partial charge in [-0.2, -0.15) is 0 Å². The van der Waals surface area contributed by atoms with Crippen LogP contribution in [-0.4, -0.2) is 16.0 Å². The summed E-state index contributed by atoms with van der Waals surface area (Å²) in [5.41, 5.74) is 2.94. The second-order valence-corrected chi connectivity index (χ2v) is 8.72. The van der Waals surface area contributed by atoms with Gasteiger partial charge < -0.3 is 4.74 Å². The molecule has 0 bridgehead atoms. The van der Waals surface area contributed by atoms with Crippen molar-refractivity contribution in [1.82, 2.24) is 4.90 Å². The first kappa shape index (κ1) is 22.1. The molecule has 32 heavy (non-hydrogen) atoms. The molecule has 0 aromatic heterocycles. The van der Waals surface area contributed by atoms with Gasteiger partial charge in [-0.1, -0.05) is 59.6 Å². The number of aryl methyl sites for hydroxylation is 1. The summed E-state index contributed by atoms with van der Waals surface area (Å²) < 4.78 is 19.6. The second kappa shape index (κ2) is 9.59. The minimum atomic E-state index is -0.434.